The van der Waals surface area contributed by atoms with E-state index in [1.807, 2.05) is 25.1 Å². The summed E-state index contributed by atoms with van der Waals surface area (Å²) in [4.78, 5) is 50.7. The number of hydrogen-bond donors (Lipinski definition) is 0. The van der Waals surface area contributed by atoms with E-state index in [0.717, 1.165) is 20.7 Å². The standard InChI is InChI=1S/C22H25N6O4S/c1-13-5-4-6-15-17(13)24-21(33-15)32-14-7-9-27(10-8-14)16(29)11-28-12-23-19-18(28)20(30)26(3)22(31)25(19)2/h4-6,12,14,18H,7-11H2,1-3H3/q+1. The Morgan fingerprint density at radius 2 is 1.97 bits per heavy atom. The number of piperidine rings is 1. The molecule has 0 spiro atoms. The Kier molecular flexibility index (Phi) is 5.35. The van der Waals surface area contributed by atoms with Gasteiger partial charge in [-0.15, -0.1) is 0 Å². The number of rotatable bonds is 4. The number of amidine groups is 1. The minimum absolute atomic E-state index is 0.0106. The van der Waals surface area contributed by atoms with E-state index in [-0.39, 0.29) is 24.5 Å². The van der Waals surface area contributed by atoms with Crippen molar-refractivity contribution in [3.05, 3.63) is 23.8 Å². The lowest BCUT2D eigenvalue weighted by Crippen LogP contribution is -2.62. The summed E-state index contributed by atoms with van der Waals surface area (Å²) in [6.45, 7) is 3.22. The maximum absolute atomic E-state index is 12.9. The number of carbonyl (C=O) groups is 3. The van der Waals surface area contributed by atoms with Gasteiger partial charge in [0.25, 0.3) is 35.2 Å². The van der Waals surface area contributed by atoms with Gasteiger partial charge < -0.3 is 9.64 Å². The number of hydrogen-bond acceptors (Lipinski definition) is 7. The molecule has 1 atom stereocenters. The van der Waals surface area contributed by atoms with Gasteiger partial charge in [-0.25, -0.2) is 14.4 Å². The van der Waals surface area contributed by atoms with Crippen molar-refractivity contribution < 1.29 is 23.7 Å². The van der Waals surface area contributed by atoms with Crippen LogP contribution < -0.4 is 4.74 Å². The normalized spacial score (nSPS) is 21.4. The number of benzene rings is 1. The highest BCUT2D eigenvalue weighted by Crippen LogP contribution is 2.31. The van der Waals surface area contributed by atoms with Crippen LogP contribution in [0.5, 0.6) is 5.19 Å². The number of carbonyl (C=O) groups excluding carboxylic acids is 3. The minimum atomic E-state index is -0.745. The molecule has 1 aromatic carbocycles. The first-order valence-electron chi connectivity index (χ1n) is 10.9. The zero-order chi connectivity index (χ0) is 23.3. The van der Waals surface area contributed by atoms with Gasteiger partial charge in [0.2, 0.25) is 0 Å². The van der Waals surface area contributed by atoms with Crippen molar-refractivity contribution in [2.24, 2.45) is 4.99 Å². The van der Waals surface area contributed by atoms with E-state index in [9.17, 15) is 14.4 Å². The average molecular weight is 470 g/mol. The molecule has 2 saturated heterocycles. The van der Waals surface area contributed by atoms with Crippen molar-refractivity contribution in [2.75, 3.05) is 33.7 Å². The quantitative estimate of drug-likeness (QED) is 0.629. The number of thiazole rings is 1. The van der Waals surface area contributed by atoms with Crippen molar-refractivity contribution in [1.29, 1.82) is 0 Å². The molecule has 2 aromatic rings. The Bertz CT molecular complexity index is 1210. The summed E-state index contributed by atoms with van der Waals surface area (Å²) in [6, 6.07) is 4.93. The summed E-state index contributed by atoms with van der Waals surface area (Å²) in [7, 11) is 3.02. The second-order valence-electron chi connectivity index (χ2n) is 8.52. The van der Waals surface area contributed by atoms with E-state index in [0.29, 0.717) is 37.0 Å². The third kappa shape index (κ3) is 3.75. The van der Waals surface area contributed by atoms with Crippen LogP contribution in [0.15, 0.2) is 23.2 Å². The summed E-state index contributed by atoms with van der Waals surface area (Å²) in [5.41, 5.74) is 2.10. The van der Waals surface area contributed by atoms with Crippen molar-refractivity contribution >= 4 is 51.6 Å². The molecule has 172 valence electrons. The monoisotopic (exact) mass is 469 g/mol. The zero-order valence-corrected chi connectivity index (χ0v) is 19.5. The predicted molar refractivity (Wildman–Crippen MR) is 123 cm³/mol. The van der Waals surface area contributed by atoms with E-state index in [1.54, 1.807) is 27.9 Å². The molecule has 10 nitrogen and oxygen atoms in total. The third-order valence-corrected chi connectivity index (χ3v) is 7.29. The number of imide groups is 1. The molecular formula is C22H25N6O4S+. The van der Waals surface area contributed by atoms with Crippen LogP contribution in [0, 0.1) is 6.92 Å². The summed E-state index contributed by atoms with van der Waals surface area (Å²) in [6.07, 6.45) is 2.92. The Morgan fingerprint density at radius 3 is 2.70 bits per heavy atom. The molecule has 0 aliphatic carbocycles. The number of para-hydroxylation sites is 1. The molecule has 5 rings (SSSR count). The number of likely N-dealkylation sites (N-methyl/N-ethyl adjacent to an activating group) is 2. The molecule has 11 heteroatoms. The fraction of sp³-hybridized carbons (Fsp3) is 0.455. The van der Waals surface area contributed by atoms with Gasteiger partial charge >= 0.3 is 6.03 Å². The van der Waals surface area contributed by atoms with E-state index in [1.165, 1.54) is 18.3 Å². The Morgan fingerprint density at radius 1 is 1.21 bits per heavy atom. The number of ether oxygens (including phenoxy) is 1. The SMILES string of the molecule is Cc1cccc2sc(OC3CCN(C(=O)C[N+]4=CN=C5C4C(=O)N(C)C(=O)N5C)CC3)nc12. The zero-order valence-electron chi connectivity index (χ0n) is 18.7. The smallest absolute Gasteiger partial charge is 0.333 e. The van der Waals surface area contributed by atoms with Gasteiger partial charge in [-0.1, -0.05) is 23.5 Å². The first-order chi connectivity index (χ1) is 15.8. The lowest BCUT2D eigenvalue weighted by molar-refractivity contribution is -0.520. The van der Waals surface area contributed by atoms with E-state index in [4.69, 9.17) is 4.74 Å². The Labute approximate surface area is 194 Å². The van der Waals surface area contributed by atoms with E-state index in [2.05, 4.69) is 9.98 Å². The van der Waals surface area contributed by atoms with Gasteiger partial charge in [-0.3, -0.25) is 19.4 Å². The molecule has 3 aliphatic rings. The highest BCUT2D eigenvalue weighted by molar-refractivity contribution is 7.20. The van der Waals surface area contributed by atoms with Crippen LogP contribution in [0.3, 0.4) is 0 Å². The van der Waals surface area contributed by atoms with Gasteiger partial charge in [0.15, 0.2) is 6.54 Å². The number of likely N-dealkylation sites (tertiary alicyclic amines) is 1. The Balaban J connectivity index is 1.17. The molecule has 0 bridgehead atoms. The first-order valence-corrected chi connectivity index (χ1v) is 11.7. The molecule has 4 heterocycles. The fourth-order valence-electron chi connectivity index (χ4n) is 4.41. The predicted octanol–water partition coefficient (Wildman–Crippen LogP) is 1.32. The van der Waals surface area contributed by atoms with Crippen molar-refractivity contribution in [2.45, 2.75) is 31.9 Å². The highest BCUT2D eigenvalue weighted by Gasteiger charge is 2.51. The molecular weight excluding hydrogens is 444 g/mol. The number of nitrogens with zero attached hydrogens (tertiary/aromatic N) is 6. The summed E-state index contributed by atoms with van der Waals surface area (Å²) in [5, 5.41) is 0.666. The molecule has 3 aliphatic heterocycles. The number of urea groups is 1. The van der Waals surface area contributed by atoms with Crippen LogP contribution in [0.25, 0.3) is 10.2 Å². The Hall–Kier alpha value is -3.34. The lowest BCUT2D eigenvalue weighted by Gasteiger charge is -2.33. The fourth-order valence-corrected chi connectivity index (χ4v) is 5.37. The van der Waals surface area contributed by atoms with Crippen molar-refractivity contribution in [3.8, 4) is 5.19 Å². The number of amides is 4. The second-order valence-corrected chi connectivity index (χ2v) is 9.51. The van der Waals surface area contributed by atoms with E-state index < -0.39 is 12.1 Å². The van der Waals surface area contributed by atoms with E-state index >= 15 is 0 Å². The van der Waals surface area contributed by atoms with Crippen LogP contribution in [-0.4, -0.2) is 100 Å². The lowest BCUT2D eigenvalue weighted by atomic mass is 10.1. The van der Waals surface area contributed by atoms with Gasteiger partial charge in [0.1, 0.15) is 6.10 Å². The van der Waals surface area contributed by atoms with Gasteiger partial charge in [0, 0.05) is 40.0 Å². The highest BCUT2D eigenvalue weighted by atomic mass is 32.1. The van der Waals surface area contributed by atoms with Gasteiger partial charge in [0.05, 0.1) is 10.2 Å². The van der Waals surface area contributed by atoms with Crippen LogP contribution in [0.4, 0.5) is 4.79 Å². The molecule has 2 fully saturated rings. The topological polar surface area (TPSA) is 98.4 Å². The number of aliphatic imine (C=N–C) groups is 1. The van der Waals surface area contributed by atoms with Crippen molar-refractivity contribution in [3.63, 3.8) is 0 Å². The average Bonchev–Trinajstić information content (AvgIpc) is 3.41. The summed E-state index contributed by atoms with van der Waals surface area (Å²) < 4.78 is 8.83. The molecule has 1 unspecified atom stereocenters. The third-order valence-electron chi connectivity index (χ3n) is 6.38. The maximum atomic E-state index is 12.9. The van der Waals surface area contributed by atoms with Crippen molar-refractivity contribution in [1.82, 2.24) is 19.7 Å². The molecule has 0 saturated carbocycles. The molecule has 0 N–H and O–H groups in total. The largest absolute Gasteiger partial charge is 0.467 e. The maximum Gasteiger partial charge on any atom is 0.333 e. The van der Waals surface area contributed by atoms with Gasteiger partial charge in [-0.05, 0) is 23.5 Å². The van der Waals surface area contributed by atoms with Gasteiger partial charge in [-0.2, -0.15) is 0 Å². The minimum Gasteiger partial charge on any atom is -0.467 e. The molecule has 0 radical (unpaired) electrons. The van der Waals surface area contributed by atoms with Crippen LogP contribution in [0.2, 0.25) is 0 Å². The first kappa shape index (κ1) is 21.5. The van der Waals surface area contributed by atoms with Crippen LogP contribution in [-0.2, 0) is 9.59 Å². The number of fused-ring (bicyclic) bond motifs is 2. The van der Waals surface area contributed by atoms with Crippen LogP contribution in [0.1, 0.15) is 18.4 Å². The molecule has 4 amide bonds. The number of aryl methyl sites for hydroxylation is 1. The molecule has 1 aromatic heterocycles. The summed E-state index contributed by atoms with van der Waals surface area (Å²) >= 11 is 1.54. The second kappa shape index (κ2) is 8.22. The number of aromatic nitrogens is 1. The van der Waals surface area contributed by atoms with Crippen LogP contribution >= 0.6 is 11.3 Å². The molecule has 33 heavy (non-hydrogen) atoms. The summed E-state index contributed by atoms with van der Waals surface area (Å²) in [5.74, 6) is -0.0996.